The van der Waals surface area contributed by atoms with Gasteiger partial charge in [-0.05, 0) is 55.8 Å². The lowest BCUT2D eigenvalue weighted by molar-refractivity contribution is 0.0531. The summed E-state index contributed by atoms with van der Waals surface area (Å²) in [4.78, 5) is 28.8. The Balaban J connectivity index is 1.43. The van der Waals surface area contributed by atoms with Gasteiger partial charge in [-0.1, -0.05) is 11.3 Å². The van der Waals surface area contributed by atoms with Crippen molar-refractivity contribution in [2.75, 3.05) is 26.2 Å². The summed E-state index contributed by atoms with van der Waals surface area (Å²) in [6.07, 6.45) is 0. The Morgan fingerprint density at radius 1 is 0.871 bits per heavy atom. The Morgan fingerprint density at radius 3 is 2.10 bits per heavy atom. The molecule has 1 aliphatic heterocycles. The van der Waals surface area contributed by atoms with Crippen molar-refractivity contribution in [1.82, 2.24) is 24.8 Å². The summed E-state index contributed by atoms with van der Waals surface area (Å²) < 4.78 is 28.4. The zero-order chi connectivity index (χ0) is 22.1. The van der Waals surface area contributed by atoms with Gasteiger partial charge in [-0.15, -0.1) is 5.10 Å². The highest BCUT2D eigenvalue weighted by molar-refractivity contribution is 5.95. The molecule has 2 aromatic carbocycles. The van der Waals surface area contributed by atoms with Crippen LogP contribution < -0.4 is 0 Å². The number of hydrogen-bond acceptors (Lipinski definition) is 4. The zero-order valence-corrected chi connectivity index (χ0v) is 17.2. The topological polar surface area (TPSA) is 71.3 Å². The molecule has 7 nitrogen and oxygen atoms in total. The second-order valence-electron chi connectivity index (χ2n) is 7.46. The van der Waals surface area contributed by atoms with Crippen LogP contribution in [0.2, 0.25) is 0 Å². The predicted molar refractivity (Wildman–Crippen MR) is 109 cm³/mol. The zero-order valence-electron chi connectivity index (χ0n) is 17.2. The molecule has 0 N–H and O–H groups in total. The molecule has 1 saturated heterocycles. The molecule has 160 valence electrons. The van der Waals surface area contributed by atoms with Crippen molar-refractivity contribution in [3.63, 3.8) is 0 Å². The van der Waals surface area contributed by atoms with E-state index < -0.39 is 5.82 Å². The van der Waals surface area contributed by atoms with Gasteiger partial charge in [0.15, 0.2) is 5.69 Å². The first-order chi connectivity index (χ1) is 14.8. The molecule has 2 amide bonds. The van der Waals surface area contributed by atoms with E-state index in [0.717, 1.165) is 0 Å². The maximum Gasteiger partial charge on any atom is 0.276 e. The van der Waals surface area contributed by atoms with Crippen LogP contribution in [0.4, 0.5) is 8.78 Å². The molecule has 0 atom stereocenters. The Bertz CT molecular complexity index is 1140. The number of aromatic nitrogens is 3. The number of piperazine rings is 1. The van der Waals surface area contributed by atoms with Gasteiger partial charge in [-0.3, -0.25) is 9.59 Å². The first-order valence-corrected chi connectivity index (χ1v) is 9.88. The number of rotatable bonds is 3. The highest BCUT2D eigenvalue weighted by Gasteiger charge is 2.28. The average Bonchev–Trinajstić information content (AvgIpc) is 3.16. The fraction of sp³-hybridized carbons (Fsp3) is 0.273. The van der Waals surface area contributed by atoms with Crippen LogP contribution in [0.1, 0.15) is 32.1 Å². The molecule has 1 fully saturated rings. The lowest BCUT2D eigenvalue weighted by Crippen LogP contribution is -2.50. The van der Waals surface area contributed by atoms with E-state index in [1.165, 1.54) is 22.9 Å². The van der Waals surface area contributed by atoms with Crippen LogP contribution in [0, 0.1) is 25.5 Å². The quantitative estimate of drug-likeness (QED) is 0.647. The van der Waals surface area contributed by atoms with Gasteiger partial charge >= 0.3 is 0 Å². The van der Waals surface area contributed by atoms with E-state index in [2.05, 4.69) is 10.3 Å². The Labute approximate surface area is 177 Å². The molecule has 0 bridgehead atoms. The lowest BCUT2D eigenvalue weighted by Gasteiger charge is -2.34. The molecule has 1 aromatic heterocycles. The lowest BCUT2D eigenvalue weighted by atomic mass is 10.1. The van der Waals surface area contributed by atoms with E-state index >= 15 is 0 Å². The maximum absolute atomic E-state index is 13.8. The highest BCUT2D eigenvalue weighted by Crippen LogP contribution is 2.17. The summed E-state index contributed by atoms with van der Waals surface area (Å²) in [5.74, 6) is -1.32. The summed E-state index contributed by atoms with van der Waals surface area (Å²) >= 11 is 0. The summed E-state index contributed by atoms with van der Waals surface area (Å²) in [6.45, 7) is 4.71. The van der Waals surface area contributed by atoms with Gasteiger partial charge in [0.05, 0.1) is 11.4 Å². The number of benzene rings is 2. The Kier molecular flexibility index (Phi) is 5.50. The standard InChI is InChI=1S/C22H21F2N5O2/c1-14-3-4-16(13-19(14)24)21(30)27-9-11-28(12-10-27)22(31)20-15(2)29(26-25-20)18-7-5-17(23)6-8-18/h3-8,13H,9-12H2,1-2H3. The van der Waals surface area contributed by atoms with Gasteiger partial charge in [0.25, 0.3) is 11.8 Å². The van der Waals surface area contributed by atoms with Crippen molar-refractivity contribution in [3.05, 3.63) is 76.6 Å². The number of nitrogens with zero attached hydrogens (tertiary/aromatic N) is 5. The van der Waals surface area contributed by atoms with E-state index in [0.29, 0.717) is 48.7 Å². The molecule has 1 aliphatic rings. The van der Waals surface area contributed by atoms with Gasteiger partial charge in [0.2, 0.25) is 0 Å². The maximum atomic E-state index is 13.8. The van der Waals surface area contributed by atoms with Gasteiger partial charge in [-0.25, -0.2) is 13.5 Å². The van der Waals surface area contributed by atoms with Gasteiger partial charge in [0, 0.05) is 31.7 Å². The third kappa shape index (κ3) is 4.03. The minimum Gasteiger partial charge on any atom is -0.335 e. The third-order valence-corrected chi connectivity index (χ3v) is 5.44. The van der Waals surface area contributed by atoms with E-state index in [1.807, 2.05) is 0 Å². The predicted octanol–water partition coefficient (Wildman–Crippen LogP) is 2.76. The van der Waals surface area contributed by atoms with Gasteiger partial charge < -0.3 is 9.80 Å². The highest BCUT2D eigenvalue weighted by atomic mass is 19.1. The monoisotopic (exact) mass is 425 g/mol. The van der Waals surface area contributed by atoms with Crippen LogP contribution in [-0.2, 0) is 0 Å². The molecule has 9 heteroatoms. The molecule has 0 unspecified atom stereocenters. The summed E-state index contributed by atoms with van der Waals surface area (Å²) in [6, 6.07) is 10.2. The van der Waals surface area contributed by atoms with Crippen LogP contribution in [0.5, 0.6) is 0 Å². The van der Waals surface area contributed by atoms with Crippen molar-refractivity contribution in [2.24, 2.45) is 0 Å². The Morgan fingerprint density at radius 2 is 1.48 bits per heavy atom. The van der Waals surface area contributed by atoms with E-state index in [4.69, 9.17) is 0 Å². The minimum atomic E-state index is -0.417. The molecule has 0 saturated carbocycles. The second-order valence-corrected chi connectivity index (χ2v) is 7.46. The van der Waals surface area contributed by atoms with Crippen LogP contribution in [-0.4, -0.2) is 62.8 Å². The molecular weight excluding hydrogens is 404 g/mol. The fourth-order valence-electron chi connectivity index (χ4n) is 3.53. The average molecular weight is 425 g/mol. The molecule has 0 aliphatic carbocycles. The van der Waals surface area contributed by atoms with E-state index in [1.54, 1.807) is 47.9 Å². The third-order valence-electron chi connectivity index (χ3n) is 5.44. The SMILES string of the molecule is Cc1ccc(C(=O)N2CCN(C(=O)c3nnn(-c4ccc(F)cc4)c3C)CC2)cc1F. The first kappa shape index (κ1) is 20.6. The van der Waals surface area contributed by atoms with E-state index in [-0.39, 0.29) is 23.3 Å². The smallest absolute Gasteiger partial charge is 0.276 e. The number of carbonyl (C=O) groups is 2. The summed E-state index contributed by atoms with van der Waals surface area (Å²) in [5, 5.41) is 8.04. The van der Waals surface area contributed by atoms with Crippen molar-refractivity contribution >= 4 is 11.8 Å². The minimum absolute atomic E-state index is 0.213. The molecular formula is C22H21F2N5O2. The number of hydrogen-bond donors (Lipinski definition) is 0. The molecule has 2 heterocycles. The number of halogens is 2. The van der Waals surface area contributed by atoms with Crippen molar-refractivity contribution in [3.8, 4) is 5.69 Å². The molecule has 0 spiro atoms. The number of amides is 2. The second kappa shape index (κ2) is 8.25. The fourth-order valence-corrected chi connectivity index (χ4v) is 3.53. The Hall–Kier alpha value is -3.62. The molecule has 0 radical (unpaired) electrons. The molecule has 31 heavy (non-hydrogen) atoms. The van der Waals surface area contributed by atoms with Gasteiger partial charge in [0.1, 0.15) is 11.6 Å². The summed E-state index contributed by atoms with van der Waals surface area (Å²) in [7, 11) is 0. The molecule has 4 rings (SSSR count). The largest absolute Gasteiger partial charge is 0.335 e. The van der Waals surface area contributed by atoms with E-state index in [9.17, 15) is 18.4 Å². The van der Waals surface area contributed by atoms with Crippen LogP contribution in [0.3, 0.4) is 0 Å². The normalized spacial score (nSPS) is 14.1. The van der Waals surface area contributed by atoms with Crippen LogP contribution in [0.15, 0.2) is 42.5 Å². The van der Waals surface area contributed by atoms with Crippen molar-refractivity contribution in [1.29, 1.82) is 0 Å². The first-order valence-electron chi connectivity index (χ1n) is 9.88. The van der Waals surface area contributed by atoms with Gasteiger partial charge in [-0.2, -0.15) is 0 Å². The molecule has 3 aromatic rings. The van der Waals surface area contributed by atoms with Crippen LogP contribution in [0.25, 0.3) is 5.69 Å². The summed E-state index contributed by atoms with van der Waals surface area (Å²) in [5.41, 5.74) is 2.14. The van der Waals surface area contributed by atoms with Crippen molar-refractivity contribution in [2.45, 2.75) is 13.8 Å². The number of aryl methyl sites for hydroxylation is 1. The number of carbonyl (C=O) groups excluding carboxylic acids is 2. The van der Waals surface area contributed by atoms with Crippen LogP contribution >= 0.6 is 0 Å². The van der Waals surface area contributed by atoms with Crippen molar-refractivity contribution < 1.29 is 18.4 Å².